The van der Waals surface area contributed by atoms with Crippen molar-refractivity contribution in [2.45, 2.75) is 11.6 Å². The Kier molecular flexibility index (Phi) is 5.45. The maximum Gasteiger partial charge on any atom is 0.122 e. The lowest BCUT2D eigenvalue weighted by Gasteiger charge is -2.08. The fourth-order valence-corrected chi connectivity index (χ4v) is 3.07. The van der Waals surface area contributed by atoms with E-state index in [2.05, 4.69) is 9.97 Å². The molecule has 0 aliphatic carbocycles. The van der Waals surface area contributed by atoms with Crippen LogP contribution in [0.25, 0.3) is 10.9 Å². The summed E-state index contributed by atoms with van der Waals surface area (Å²) in [6.07, 6.45) is 1.60. The van der Waals surface area contributed by atoms with Crippen molar-refractivity contribution >= 4 is 22.7 Å². The average Bonchev–Trinajstić information content (AvgIpc) is 2.61. The second-order valence-corrected chi connectivity index (χ2v) is 6.06. The van der Waals surface area contributed by atoms with Gasteiger partial charge in [-0.25, -0.2) is 9.97 Å². The Labute approximate surface area is 139 Å². The highest BCUT2D eigenvalue weighted by Crippen LogP contribution is 2.27. The monoisotopic (exact) mass is 326 g/mol. The Morgan fingerprint density at radius 3 is 2.74 bits per heavy atom. The van der Waals surface area contributed by atoms with Crippen LogP contribution >= 0.6 is 11.8 Å². The van der Waals surface area contributed by atoms with Crippen LogP contribution < -0.4 is 4.74 Å². The molecule has 0 bridgehead atoms. The van der Waals surface area contributed by atoms with Gasteiger partial charge in [-0.15, -0.1) is 11.8 Å². The van der Waals surface area contributed by atoms with Crippen molar-refractivity contribution in [3.05, 3.63) is 60.4 Å². The van der Waals surface area contributed by atoms with Gasteiger partial charge in [0, 0.05) is 24.3 Å². The van der Waals surface area contributed by atoms with Crippen molar-refractivity contribution < 1.29 is 9.47 Å². The first kappa shape index (κ1) is 15.8. The number of nitrogens with zero attached hydrogens (tertiary/aromatic N) is 2. The van der Waals surface area contributed by atoms with Crippen LogP contribution in [0.2, 0.25) is 0 Å². The van der Waals surface area contributed by atoms with Gasteiger partial charge < -0.3 is 9.47 Å². The summed E-state index contributed by atoms with van der Waals surface area (Å²) in [6.45, 7) is 1.25. The summed E-state index contributed by atoms with van der Waals surface area (Å²) in [5.74, 6) is 1.68. The minimum Gasteiger partial charge on any atom is -0.489 e. The van der Waals surface area contributed by atoms with Crippen LogP contribution in [-0.4, -0.2) is 29.4 Å². The molecule has 1 aromatic heterocycles. The van der Waals surface area contributed by atoms with Gasteiger partial charge in [0.15, 0.2) is 0 Å². The molecule has 0 aliphatic rings. The van der Waals surface area contributed by atoms with Gasteiger partial charge in [-0.2, -0.15) is 0 Å². The fourth-order valence-electron chi connectivity index (χ4n) is 2.18. The second-order valence-electron chi connectivity index (χ2n) is 4.97. The number of benzene rings is 2. The van der Waals surface area contributed by atoms with Crippen molar-refractivity contribution in [2.75, 3.05) is 19.5 Å². The standard InChI is InChI=1S/C18H18N2O2S/c1-21-9-10-23-18-16-8-7-15(11-17(16)19-13-20-18)22-12-14-5-3-2-4-6-14/h2-8,11,13H,9-10,12H2,1H3. The highest BCUT2D eigenvalue weighted by Gasteiger charge is 2.06. The number of ether oxygens (including phenoxy) is 2. The minimum atomic E-state index is 0.548. The Morgan fingerprint density at radius 1 is 1.04 bits per heavy atom. The first-order chi connectivity index (χ1) is 11.4. The maximum atomic E-state index is 5.85. The lowest BCUT2D eigenvalue weighted by molar-refractivity contribution is 0.218. The van der Waals surface area contributed by atoms with E-state index in [-0.39, 0.29) is 0 Å². The zero-order chi connectivity index (χ0) is 15.9. The highest BCUT2D eigenvalue weighted by atomic mass is 32.2. The number of fused-ring (bicyclic) bond motifs is 1. The third-order valence-electron chi connectivity index (χ3n) is 3.35. The van der Waals surface area contributed by atoms with Gasteiger partial charge in [0.1, 0.15) is 23.7 Å². The molecule has 3 aromatic rings. The lowest BCUT2D eigenvalue weighted by atomic mass is 10.2. The molecule has 0 radical (unpaired) electrons. The topological polar surface area (TPSA) is 44.2 Å². The molecule has 0 atom stereocenters. The van der Waals surface area contributed by atoms with Gasteiger partial charge in [0.2, 0.25) is 0 Å². The number of rotatable bonds is 7. The van der Waals surface area contributed by atoms with E-state index in [1.807, 2.05) is 48.5 Å². The van der Waals surface area contributed by atoms with E-state index in [0.717, 1.165) is 33.0 Å². The Morgan fingerprint density at radius 2 is 1.91 bits per heavy atom. The van der Waals surface area contributed by atoms with Gasteiger partial charge in [-0.1, -0.05) is 30.3 Å². The number of thioether (sulfide) groups is 1. The number of hydrogen-bond acceptors (Lipinski definition) is 5. The van der Waals surface area contributed by atoms with Crippen molar-refractivity contribution in [3.8, 4) is 5.75 Å². The van der Waals surface area contributed by atoms with Gasteiger partial charge in [-0.05, 0) is 17.7 Å². The van der Waals surface area contributed by atoms with Gasteiger partial charge in [0.25, 0.3) is 0 Å². The molecule has 0 saturated heterocycles. The van der Waals surface area contributed by atoms with E-state index >= 15 is 0 Å². The molecule has 0 saturated carbocycles. The van der Waals surface area contributed by atoms with Crippen molar-refractivity contribution in [1.29, 1.82) is 0 Å². The predicted molar refractivity (Wildman–Crippen MR) is 92.9 cm³/mol. The predicted octanol–water partition coefficient (Wildman–Crippen LogP) is 3.95. The van der Waals surface area contributed by atoms with Crippen molar-refractivity contribution in [1.82, 2.24) is 9.97 Å². The van der Waals surface area contributed by atoms with E-state index in [0.29, 0.717) is 13.2 Å². The largest absolute Gasteiger partial charge is 0.489 e. The van der Waals surface area contributed by atoms with Crippen LogP contribution in [0, 0.1) is 0 Å². The lowest BCUT2D eigenvalue weighted by Crippen LogP contribution is -1.96. The summed E-state index contributed by atoms with van der Waals surface area (Å²) in [5.41, 5.74) is 2.04. The van der Waals surface area contributed by atoms with Crippen LogP contribution in [0.15, 0.2) is 59.9 Å². The zero-order valence-corrected chi connectivity index (χ0v) is 13.8. The molecule has 0 amide bonds. The third-order valence-corrected chi connectivity index (χ3v) is 4.32. The van der Waals surface area contributed by atoms with E-state index in [1.165, 1.54) is 0 Å². The maximum absolute atomic E-state index is 5.85. The normalized spacial score (nSPS) is 10.8. The molecule has 0 fully saturated rings. The molecular weight excluding hydrogens is 308 g/mol. The molecule has 0 N–H and O–H groups in total. The quantitative estimate of drug-likeness (QED) is 0.374. The summed E-state index contributed by atoms with van der Waals surface area (Å²) in [7, 11) is 1.70. The molecule has 0 aliphatic heterocycles. The van der Waals surface area contributed by atoms with Crippen LogP contribution in [0.5, 0.6) is 5.75 Å². The molecule has 0 unspecified atom stereocenters. The van der Waals surface area contributed by atoms with Gasteiger partial charge in [-0.3, -0.25) is 0 Å². The molecule has 5 heteroatoms. The number of hydrogen-bond donors (Lipinski definition) is 0. The average molecular weight is 326 g/mol. The van der Waals surface area contributed by atoms with E-state index in [4.69, 9.17) is 9.47 Å². The van der Waals surface area contributed by atoms with Crippen LogP contribution in [-0.2, 0) is 11.3 Å². The Balaban J connectivity index is 1.74. The fraction of sp³-hybridized carbons (Fsp3) is 0.222. The summed E-state index contributed by atoms with van der Waals surface area (Å²) in [4.78, 5) is 8.71. The molecule has 2 aromatic carbocycles. The SMILES string of the molecule is COCCSc1ncnc2cc(OCc3ccccc3)ccc12. The molecule has 118 valence electrons. The van der Waals surface area contributed by atoms with Crippen LogP contribution in [0.4, 0.5) is 0 Å². The summed E-state index contributed by atoms with van der Waals surface area (Å²) >= 11 is 1.67. The van der Waals surface area contributed by atoms with Crippen LogP contribution in [0.3, 0.4) is 0 Å². The summed E-state index contributed by atoms with van der Waals surface area (Å²) in [5, 5.41) is 2.02. The molecule has 4 nitrogen and oxygen atoms in total. The van der Waals surface area contributed by atoms with E-state index in [9.17, 15) is 0 Å². The number of aromatic nitrogens is 2. The first-order valence-electron chi connectivity index (χ1n) is 7.40. The van der Waals surface area contributed by atoms with Crippen LogP contribution in [0.1, 0.15) is 5.56 Å². The highest BCUT2D eigenvalue weighted by molar-refractivity contribution is 7.99. The van der Waals surface area contributed by atoms with Gasteiger partial charge >= 0.3 is 0 Å². The Bertz CT molecular complexity index is 765. The Hall–Kier alpha value is -2.11. The molecule has 3 rings (SSSR count). The van der Waals surface area contributed by atoms with E-state index < -0.39 is 0 Å². The molecule has 0 spiro atoms. The molecular formula is C18H18N2O2S. The second kappa shape index (κ2) is 7.94. The third kappa shape index (κ3) is 4.21. The van der Waals surface area contributed by atoms with Crippen molar-refractivity contribution in [2.24, 2.45) is 0 Å². The van der Waals surface area contributed by atoms with Crippen molar-refractivity contribution in [3.63, 3.8) is 0 Å². The smallest absolute Gasteiger partial charge is 0.122 e. The summed E-state index contributed by atoms with van der Waals surface area (Å²) < 4.78 is 10.9. The first-order valence-corrected chi connectivity index (χ1v) is 8.38. The molecule has 1 heterocycles. The molecule has 23 heavy (non-hydrogen) atoms. The number of methoxy groups -OCH3 is 1. The van der Waals surface area contributed by atoms with Gasteiger partial charge in [0.05, 0.1) is 12.1 Å². The summed E-state index contributed by atoms with van der Waals surface area (Å²) in [6, 6.07) is 16.1. The van der Waals surface area contributed by atoms with E-state index in [1.54, 1.807) is 25.2 Å². The zero-order valence-electron chi connectivity index (χ0n) is 12.9. The minimum absolute atomic E-state index is 0.548.